The Kier molecular flexibility index (Phi) is 6.45. The van der Waals surface area contributed by atoms with Crippen molar-refractivity contribution in [2.24, 2.45) is 0 Å². The van der Waals surface area contributed by atoms with E-state index in [1.165, 1.54) is 11.3 Å². The van der Waals surface area contributed by atoms with E-state index in [0.29, 0.717) is 25.2 Å². The minimum absolute atomic E-state index is 0.103. The molecule has 2 heterocycles. The molecule has 4 aromatic rings. The van der Waals surface area contributed by atoms with Crippen LogP contribution in [0.25, 0.3) is 16.0 Å². The Morgan fingerprint density at radius 2 is 2.09 bits per heavy atom. The molecule has 0 spiro atoms. The number of aromatic nitrogens is 3. The first-order valence-electron chi connectivity index (χ1n) is 9.66. The predicted octanol–water partition coefficient (Wildman–Crippen LogP) is 4.86. The van der Waals surface area contributed by atoms with Crippen LogP contribution >= 0.6 is 35.3 Å². The van der Waals surface area contributed by atoms with Crippen molar-refractivity contribution in [1.29, 1.82) is 0 Å². The summed E-state index contributed by atoms with van der Waals surface area (Å²) in [4.78, 5) is 32.4. The zero-order chi connectivity index (χ0) is 22.8. The molecule has 0 bridgehead atoms. The molecule has 0 saturated carbocycles. The standard InChI is InChI=1S/C22H20N4O3S3/c1-12-7-8-16(13(2)9-12)23-17(27)11-31-21-24-19-18(20(28)25-21)32-22(30)26(19)14-5-4-6-15(10-14)29-3/h4-10H,11H2,1-3H3,(H,23,27)(H,24,25,28). The Bertz CT molecular complexity index is 1440. The second-order valence-electron chi connectivity index (χ2n) is 7.08. The maximum Gasteiger partial charge on any atom is 0.271 e. The molecular formula is C22H20N4O3S3. The molecule has 10 heteroatoms. The highest BCUT2D eigenvalue weighted by Gasteiger charge is 2.15. The summed E-state index contributed by atoms with van der Waals surface area (Å²) >= 11 is 7.85. The van der Waals surface area contributed by atoms with Gasteiger partial charge >= 0.3 is 0 Å². The van der Waals surface area contributed by atoms with Crippen molar-refractivity contribution in [2.45, 2.75) is 19.0 Å². The zero-order valence-corrected chi connectivity index (χ0v) is 20.0. The predicted molar refractivity (Wildman–Crippen MR) is 132 cm³/mol. The molecule has 0 fully saturated rings. The molecule has 0 aliphatic rings. The molecule has 7 nitrogen and oxygen atoms in total. The normalized spacial score (nSPS) is 11.0. The number of thiazole rings is 1. The monoisotopic (exact) mass is 484 g/mol. The van der Waals surface area contributed by atoms with Crippen molar-refractivity contribution in [3.8, 4) is 11.4 Å². The second kappa shape index (κ2) is 9.27. The van der Waals surface area contributed by atoms with Crippen molar-refractivity contribution in [1.82, 2.24) is 14.5 Å². The highest BCUT2D eigenvalue weighted by molar-refractivity contribution is 7.99. The lowest BCUT2D eigenvalue weighted by atomic mass is 10.1. The van der Waals surface area contributed by atoms with Crippen LogP contribution in [0.1, 0.15) is 11.1 Å². The quantitative estimate of drug-likeness (QED) is 0.231. The summed E-state index contributed by atoms with van der Waals surface area (Å²) in [5.74, 6) is 0.595. The van der Waals surface area contributed by atoms with Crippen LogP contribution in [0.2, 0.25) is 0 Å². The Labute approximate surface area is 197 Å². The van der Waals surface area contributed by atoms with Crippen LogP contribution in [0, 0.1) is 17.8 Å². The van der Waals surface area contributed by atoms with E-state index in [1.807, 2.05) is 56.3 Å². The van der Waals surface area contributed by atoms with Crippen LogP contribution in [0.4, 0.5) is 5.69 Å². The van der Waals surface area contributed by atoms with E-state index in [2.05, 4.69) is 15.3 Å². The summed E-state index contributed by atoms with van der Waals surface area (Å²) in [6.45, 7) is 3.95. The minimum atomic E-state index is -0.287. The SMILES string of the molecule is COc1cccc(-n2c(=S)sc3c(=O)[nH]c(SCC(=O)Nc4ccc(C)cc4C)nc32)c1. The van der Waals surface area contributed by atoms with E-state index in [4.69, 9.17) is 17.0 Å². The molecule has 0 aliphatic heterocycles. The maximum absolute atomic E-state index is 12.6. The van der Waals surface area contributed by atoms with Gasteiger partial charge in [-0.2, -0.15) is 0 Å². The highest BCUT2D eigenvalue weighted by atomic mass is 32.2. The third-order valence-corrected chi connectivity index (χ3v) is 6.96. The van der Waals surface area contributed by atoms with Gasteiger partial charge in [0.25, 0.3) is 5.56 Å². The first-order chi connectivity index (χ1) is 15.4. The average Bonchev–Trinajstić information content (AvgIpc) is 3.11. The van der Waals surface area contributed by atoms with Crippen molar-refractivity contribution in [2.75, 3.05) is 18.2 Å². The Balaban J connectivity index is 1.60. The first-order valence-corrected chi connectivity index (χ1v) is 11.9. The first kappa shape index (κ1) is 22.3. The van der Waals surface area contributed by atoms with Gasteiger partial charge in [0, 0.05) is 11.8 Å². The van der Waals surface area contributed by atoms with E-state index < -0.39 is 0 Å². The van der Waals surface area contributed by atoms with Gasteiger partial charge in [-0.05, 0) is 49.8 Å². The van der Waals surface area contributed by atoms with Gasteiger partial charge in [0.1, 0.15) is 10.4 Å². The number of carbonyl (C=O) groups is 1. The molecule has 164 valence electrons. The van der Waals surface area contributed by atoms with Gasteiger partial charge in [0.05, 0.1) is 18.6 Å². The Hall–Kier alpha value is -2.95. The highest BCUT2D eigenvalue weighted by Crippen LogP contribution is 2.26. The van der Waals surface area contributed by atoms with Crippen molar-refractivity contribution in [3.05, 3.63) is 67.9 Å². The van der Waals surface area contributed by atoms with Crippen LogP contribution in [-0.2, 0) is 4.79 Å². The fourth-order valence-electron chi connectivity index (χ4n) is 3.21. The number of nitrogens with one attached hydrogen (secondary N) is 2. The number of carbonyl (C=O) groups excluding carboxylic acids is 1. The fourth-order valence-corrected chi connectivity index (χ4v) is 5.14. The van der Waals surface area contributed by atoms with E-state index in [9.17, 15) is 9.59 Å². The van der Waals surface area contributed by atoms with Crippen molar-refractivity contribution in [3.63, 3.8) is 0 Å². The molecule has 2 aromatic heterocycles. The topological polar surface area (TPSA) is 89.0 Å². The number of hydrogen-bond donors (Lipinski definition) is 2. The number of benzene rings is 2. The number of anilines is 1. The lowest BCUT2D eigenvalue weighted by molar-refractivity contribution is -0.113. The van der Waals surface area contributed by atoms with Gasteiger partial charge in [0.15, 0.2) is 14.8 Å². The number of H-pyrrole nitrogens is 1. The number of nitrogens with zero attached hydrogens (tertiary/aromatic N) is 2. The van der Waals surface area contributed by atoms with Crippen molar-refractivity contribution >= 4 is 57.3 Å². The molecule has 4 rings (SSSR count). The number of aryl methyl sites for hydroxylation is 2. The van der Waals surface area contributed by atoms with Crippen LogP contribution < -0.4 is 15.6 Å². The summed E-state index contributed by atoms with van der Waals surface area (Å²) in [6.07, 6.45) is 0. The van der Waals surface area contributed by atoms with Crippen LogP contribution in [0.15, 0.2) is 52.4 Å². The van der Waals surface area contributed by atoms with E-state index in [-0.39, 0.29) is 17.2 Å². The lowest BCUT2D eigenvalue weighted by Gasteiger charge is -2.09. The van der Waals surface area contributed by atoms with Crippen LogP contribution in [-0.4, -0.2) is 33.3 Å². The zero-order valence-electron chi connectivity index (χ0n) is 17.6. The molecule has 0 unspecified atom stereocenters. The van der Waals surface area contributed by atoms with Gasteiger partial charge in [-0.3, -0.25) is 14.2 Å². The van der Waals surface area contributed by atoms with Crippen molar-refractivity contribution < 1.29 is 9.53 Å². The number of thioether (sulfide) groups is 1. The molecule has 32 heavy (non-hydrogen) atoms. The summed E-state index contributed by atoms with van der Waals surface area (Å²) in [7, 11) is 1.59. The molecule has 0 atom stereocenters. The van der Waals surface area contributed by atoms with E-state index in [1.54, 1.807) is 11.7 Å². The van der Waals surface area contributed by atoms with Crippen LogP contribution in [0.3, 0.4) is 0 Å². The molecule has 0 radical (unpaired) electrons. The third-order valence-electron chi connectivity index (χ3n) is 4.73. The number of amides is 1. The van der Waals surface area contributed by atoms with Gasteiger partial charge in [-0.1, -0.05) is 46.9 Å². The third kappa shape index (κ3) is 4.62. The van der Waals surface area contributed by atoms with Gasteiger partial charge in [-0.15, -0.1) is 0 Å². The minimum Gasteiger partial charge on any atom is -0.497 e. The molecule has 2 aromatic carbocycles. The summed E-state index contributed by atoms with van der Waals surface area (Å²) < 4.78 is 7.98. The summed E-state index contributed by atoms with van der Waals surface area (Å²) in [5.41, 5.74) is 3.81. The van der Waals surface area contributed by atoms with E-state index >= 15 is 0 Å². The number of methoxy groups -OCH3 is 1. The molecule has 0 saturated heterocycles. The van der Waals surface area contributed by atoms with Gasteiger partial charge in [0.2, 0.25) is 5.91 Å². The lowest BCUT2D eigenvalue weighted by Crippen LogP contribution is -2.16. The maximum atomic E-state index is 12.6. The average molecular weight is 485 g/mol. The number of aromatic amines is 1. The smallest absolute Gasteiger partial charge is 0.271 e. The van der Waals surface area contributed by atoms with Gasteiger partial charge in [-0.25, -0.2) is 4.98 Å². The number of hydrogen-bond acceptors (Lipinski definition) is 7. The summed E-state index contributed by atoms with van der Waals surface area (Å²) in [6, 6.07) is 13.2. The largest absolute Gasteiger partial charge is 0.497 e. The fraction of sp³-hybridized carbons (Fsp3) is 0.182. The molecule has 1 amide bonds. The van der Waals surface area contributed by atoms with Crippen LogP contribution in [0.5, 0.6) is 5.75 Å². The molecular weight excluding hydrogens is 464 g/mol. The Morgan fingerprint density at radius 3 is 2.84 bits per heavy atom. The second-order valence-corrected chi connectivity index (χ2v) is 9.69. The molecule has 0 aliphatic carbocycles. The van der Waals surface area contributed by atoms with Gasteiger partial charge < -0.3 is 15.0 Å². The number of fused-ring (bicyclic) bond motifs is 1. The number of rotatable bonds is 6. The Morgan fingerprint density at radius 1 is 1.28 bits per heavy atom. The van der Waals surface area contributed by atoms with E-state index in [0.717, 1.165) is 34.3 Å². The summed E-state index contributed by atoms with van der Waals surface area (Å²) in [5, 5.41) is 3.25. The number of ether oxygens (including phenoxy) is 1. The molecule has 2 N–H and O–H groups in total.